The molecule has 17 heavy (non-hydrogen) atoms. The molecule has 0 fully saturated rings. The fraction of sp³-hybridized carbons (Fsp3) is 0.600. The molecule has 0 N–H and O–H groups in total. The molecular formula is C10H15N3O4. The average Bonchev–Trinajstić information content (AvgIpc) is 2.34. The van der Waals surface area contributed by atoms with Crippen molar-refractivity contribution in [2.24, 2.45) is 0 Å². The normalized spacial score (nSPS) is 10.1. The number of hydrogen-bond donors (Lipinski definition) is 0. The van der Waals surface area contributed by atoms with Crippen LogP contribution in [0.3, 0.4) is 0 Å². The quantitative estimate of drug-likeness (QED) is 0.745. The second kappa shape index (κ2) is 5.97. The van der Waals surface area contributed by atoms with Crippen LogP contribution in [0.15, 0.2) is 4.79 Å². The maximum absolute atomic E-state index is 11.8. The maximum atomic E-state index is 11.8. The van der Waals surface area contributed by atoms with Crippen LogP contribution < -0.4 is 15.2 Å². The number of nitrogens with zero attached hydrogens (tertiary/aromatic N) is 3. The summed E-state index contributed by atoms with van der Waals surface area (Å²) < 4.78 is 10.4. The van der Waals surface area contributed by atoms with E-state index in [1.807, 2.05) is 6.92 Å². The molecule has 0 aliphatic heterocycles. The van der Waals surface area contributed by atoms with Crippen LogP contribution in [0, 0.1) is 0 Å². The summed E-state index contributed by atoms with van der Waals surface area (Å²) in [5.74, 6) is -0.378. The van der Waals surface area contributed by atoms with Gasteiger partial charge in [0, 0.05) is 6.42 Å². The molecule has 94 valence electrons. The van der Waals surface area contributed by atoms with E-state index in [2.05, 4.69) is 9.97 Å². The van der Waals surface area contributed by atoms with Gasteiger partial charge >= 0.3 is 17.7 Å². The average molecular weight is 241 g/mol. The lowest BCUT2D eigenvalue weighted by atomic mass is 10.2. The van der Waals surface area contributed by atoms with Crippen molar-refractivity contribution in [2.75, 3.05) is 14.2 Å². The second-order valence-electron chi connectivity index (χ2n) is 3.31. The predicted octanol–water partition coefficient (Wildman–Crippen LogP) is 0.486. The van der Waals surface area contributed by atoms with E-state index in [-0.39, 0.29) is 24.3 Å². The summed E-state index contributed by atoms with van der Waals surface area (Å²) in [6, 6.07) is -0.227. The van der Waals surface area contributed by atoms with Gasteiger partial charge in [-0.15, -0.1) is 9.97 Å². The van der Waals surface area contributed by atoms with Crippen LogP contribution in [0.1, 0.15) is 31.0 Å². The molecule has 0 atom stereocenters. The monoisotopic (exact) mass is 241 g/mol. The highest BCUT2D eigenvalue weighted by atomic mass is 16.5. The van der Waals surface area contributed by atoms with E-state index < -0.39 is 5.69 Å². The van der Waals surface area contributed by atoms with Gasteiger partial charge in [0.15, 0.2) is 0 Å². The summed E-state index contributed by atoms with van der Waals surface area (Å²) in [5, 5.41) is 0. The van der Waals surface area contributed by atoms with E-state index in [1.165, 1.54) is 14.2 Å². The number of aromatic nitrogens is 3. The Morgan fingerprint density at radius 2 is 2.00 bits per heavy atom. The lowest BCUT2D eigenvalue weighted by molar-refractivity contribution is 0.0877. The van der Waals surface area contributed by atoms with E-state index in [0.29, 0.717) is 6.42 Å². The SMILES string of the molecule is CCCCC(=O)n1c(OC)nc(OC)nc1=O. The zero-order chi connectivity index (χ0) is 12.8. The first-order valence-corrected chi connectivity index (χ1v) is 5.26. The first-order valence-electron chi connectivity index (χ1n) is 5.26. The van der Waals surface area contributed by atoms with Crippen molar-refractivity contribution in [1.29, 1.82) is 0 Å². The third-order valence-corrected chi connectivity index (χ3v) is 2.12. The fourth-order valence-corrected chi connectivity index (χ4v) is 1.25. The Morgan fingerprint density at radius 1 is 1.29 bits per heavy atom. The van der Waals surface area contributed by atoms with Crippen molar-refractivity contribution >= 4 is 5.91 Å². The van der Waals surface area contributed by atoms with Crippen molar-refractivity contribution in [2.45, 2.75) is 26.2 Å². The molecule has 1 rings (SSSR count). The maximum Gasteiger partial charge on any atom is 0.363 e. The predicted molar refractivity (Wildman–Crippen MR) is 59.5 cm³/mol. The summed E-state index contributed by atoms with van der Waals surface area (Å²) in [5.41, 5.74) is -0.741. The zero-order valence-corrected chi connectivity index (χ0v) is 10.1. The fourth-order valence-electron chi connectivity index (χ4n) is 1.25. The molecule has 0 unspecified atom stereocenters. The summed E-state index contributed by atoms with van der Waals surface area (Å²) in [7, 11) is 2.66. The Kier molecular flexibility index (Phi) is 4.62. The summed E-state index contributed by atoms with van der Waals surface area (Å²) in [6.45, 7) is 1.96. The Morgan fingerprint density at radius 3 is 2.53 bits per heavy atom. The number of hydrogen-bond acceptors (Lipinski definition) is 6. The molecule has 7 heteroatoms. The van der Waals surface area contributed by atoms with Crippen molar-refractivity contribution in [3.63, 3.8) is 0 Å². The standard InChI is InChI=1S/C10H15N3O4/c1-4-5-6-7(14)13-9(15)11-8(16-2)12-10(13)17-3/h4-6H2,1-3H3. The highest BCUT2D eigenvalue weighted by molar-refractivity contribution is 5.79. The zero-order valence-electron chi connectivity index (χ0n) is 10.1. The number of ether oxygens (including phenoxy) is 2. The lowest BCUT2D eigenvalue weighted by Gasteiger charge is -2.08. The van der Waals surface area contributed by atoms with Crippen LogP contribution in [0.5, 0.6) is 12.0 Å². The number of carbonyl (C=O) groups is 1. The second-order valence-corrected chi connectivity index (χ2v) is 3.31. The van der Waals surface area contributed by atoms with Gasteiger partial charge in [-0.2, -0.15) is 4.57 Å². The van der Waals surface area contributed by atoms with E-state index in [9.17, 15) is 9.59 Å². The van der Waals surface area contributed by atoms with Gasteiger partial charge in [0.1, 0.15) is 0 Å². The van der Waals surface area contributed by atoms with Gasteiger partial charge in [-0.05, 0) is 6.42 Å². The molecule has 0 saturated carbocycles. The Labute approximate surface area is 98.4 Å². The van der Waals surface area contributed by atoms with Gasteiger partial charge in [-0.1, -0.05) is 13.3 Å². The van der Waals surface area contributed by atoms with E-state index in [0.717, 1.165) is 11.0 Å². The Balaban J connectivity index is 3.14. The smallest absolute Gasteiger partial charge is 0.363 e. The molecular weight excluding hydrogens is 226 g/mol. The molecule has 0 aliphatic rings. The molecule has 0 aliphatic carbocycles. The highest BCUT2D eigenvalue weighted by Gasteiger charge is 2.16. The van der Waals surface area contributed by atoms with Crippen molar-refractivity contribution in [3.8, 4) is 12.0 Å². The van der Waals surface area contributed by atoms with Crippen LogP contribution in [-0.4, -0.2) is 34.7 Å². The number of methoxy groups -OCH3 is 2. The van der Waals surface area contributed by atoms with Gasteiger partial charge in [0.25, 0.3) is 0 Å². The van der Waals surface area contributed by atoms with E-state index >= 15 is 0 Å². The number of carbonyl (C=O) groups excluding carboxylic acids is 1. The Hall–Kier alpha value is -1.92. The summed E-state index contributed by atoms with van der Waals surface area (Å²) in [6.07, 6.45) is 1.81. The van der Waals surface area contributed by atoms with Gasteiger partial charge in [-0.25, -0.2) is 4.79 Å². The molecule has 0 amide bonds. The minimum Gasteiger partial charge on any atom is -0.467 e. The van der Waals surface area contributed by atoms with Gasteiger partial charge in [-0.3, -0.25) is 4.79 Å². The van der Waals surface area contributed by atoms with Crippen LogP contribution in [0.2, 0.25) is 0 Å². The molecule has 1 aromatic rings. The topological polar surface area (TPSA) is 83.3 Å². The molecule has 0 bridgehead atoms. The van der Waals surface area contributed by atoms with Gasteiger partial charge in [0.2, 0.25) is 5.91 Å². The summed E-state index contributed by atoms with van der Waals surface area (Å²) in [4.78, 5) is 30.7. The van der Waals surface area contributed by atoms with Gasteiger partial charge < -0.3 is 9.47 Å². The van der Waals surface area contributed by atoms with Crippen LogP contribution in [0.25, 0.3) is 0 Å². The third-order valence-electron chi connectivity index (χ3n) is 2.12. The number of rotatable bonds is 5. The molecule has 7 nitrogen and oxygen atoms in total. The van der Waals surface area contributed by atoms with Crippen LogP contribution >= 0.6 is 0 Å². The molecule has 0 spiro atoms. The van der Waals surface area contributed by atoms with E-state index in [4.69, 9.17) is 9.47 Å². The van der Waals surface area contributed by atoms with Crippen LogP contribution in [-0.2, 0) is 0 Å². The third kappa shape index (κ3) is 3.02. The first-order chi connectivity index (χ1) is 8.13. The van der Waals surface area contributed by atoms with Crippen molar-refractivity contribution in [3.05, 3.63) is 10.5 Å². The molecule has 1 heterocycles. The number of unbranched alkanes of at least 4 members (excludes halogenated alkanes) is 1. The molecule has 0 aromatic carbocycles. The van der Waals surface area contributed by atoms with Gasteiger partial charge in [0.05, 0.1) is 14.2 Å². The minimum absolute atomic E-state index is 0.108. The largest absolute Gasteiger partial charge is 0.467 e. The molecule has 1 aromatic heterocycles. The Bertz CT molecular complexity index is 455. The van der Waals surface area contributed by atoms with E-state index in [1.54, 1.807) is 0 Å². The minimum atomic E-state index is -0.741. The molecule has 0 saturated heterocycles. The van der Waals surface area contributed by atoms with Crippen molar-refractivity contribution < 1.29 is 14.3 Å². The molecule has 0 radical (unpaired) electrons. The van der Waals surface area contributed by atoms with Crippen LogP contribution in [0.4, 0.5) is 0 Å². The lowest BCUT2D eigenvalue weighted by Crippen LogP contribution is -2.31. The summed E-state index contributed by atoms with van der Waals surface area (Å²) >= 11 is 0. The highest BCUT2D eigenvalue weighted by Crippen LogP contribution is 2.09. The first kappa shape index (κ1) is 13.1. The van der Waals surface area contributed by atoms with Crippen molar-refractivity contribution in [1.82, 2.24) is 14.5 Å².